The highest BCUT2D eigenvalue weighted by Gasteiger charge is 2.26. The molecule has 1 aromatic rings. The minimum Gasteiger partial charge on any atom is -0.385 e. The Bertz CT molecular complexity index is 236. The molecule has 0 radical (unpaired) electrons. The van der Waals surface area contributed by atoms with Gasteiger partial charge in [0.2, 0.25) is 0 Å². The molecule has 1 unspecified atom stereocenters. The molecule has 1 atom stereocenters. The van der Waals surface area contributed by atoms with E-state index in [1.165, 1.54) is 0 Å². The van der Waals surface area contributed by atoms with Gasteiger partial charge in [0, 0.05) is 0 Å². The predicted molar refractivity (Wildman–Crippen MR) is 50.9 cm³/mol. The molecule has 0 amide bonds. The van der Waals surface area contributed by atoms with Gasteiger partial charge in [0.1, 0.15) is 0 Å². The molecule has 12 heavy (non-hydrogen) atoms. The first-order valence-corrected chi connectivity index (χ1v) is 4.33. The van der Waals surface area contributed by atoms with E-state index in [-0.39, 0.29) is 5.92 Å². The molecule has 1 rings (SSSR count). The number of benzene rings is 1. The third-order valence-electron chi connectivity index (χ3n) is 2.48. The summed E-state index contributed by atoms with van der Waals surface area (Å²) in [5.74, 6) is 0.236. The third-order valence-corrected chi connectivity index (χ3v) is 2.48. The van der Waals surface area contributed by atoms with Crippen LogP contribution in [0.1, 0.15) is 26.3 Å². The van der Waals surface area contributed by atoms with Crippen LogP contribution >= 0.6 is 0 Å². The zero-order valence-corrected chi connectivity index (χ0v) is 7.91. The fraction of sp³-hybridized carbons (Fsp3) is 0.455. The molecule has 1 N–H and O–H groups in total. The van der Waals surface area contributed by atoms with E-state index in [4.69, 9.17) is 0 Å². The van der Waals surface area contributed by atoms with Gasteiger partial charge in [-0.25, -0.2) is 0 Å². The van der Waals surface area contributed by atoms with Crippen LogP contribution in [0, 0.1) is 5.92 Å². The van der Waals surface area contributed by atoms with Crippen molar-refractivity contribution < 1.29 is 5.11 Å². The molecule has 1 aromatic carbocycles. The molecule has 0 saturated carbocycles. The second-order valence-electron chi connectivity index (χ2n) is 3.67. The van der Waals surface area contributed by atoms with Gasteiger partial charge >= 0.3 is 0 Å². The number of hydrogen-bond donors (Lipinski definition) is 1. The molecule has 0 fully saturated rings. The maximum absolute atomic E-state index is 10.1. The molecular formula is C11H16O. The third kappa shape index (κ3) is 1.67. The lowest BCUT2D eigenvalue weighted by Crippen LogP contribution is -2.27. The summed E-state index contributed by atoms with van der Waals surface area (Å²) >= 11 is 0. The van der Waals surface area contributed by atoms with Gasteiger partial charge in [-0.1, -0.05) is 44.2 Å². The van der Waals surface area contributed by atoms with Crippen LogP contribution in [0.2, 0.25) is 0 Å². The highest BCUT2D eigenvalue weighted by atomic mass is 16.3. The Kier molecular flexibility index (Phi) is 2.53. The smallest absolute Gasteiger partial charge is 0.0891 e. The quantitative estimate of drug-likeness (QED) is 0.712. The normalized spacial score (nSPS) is 16.1. The predicted octanol–water partition coefficient (Wildman–Crippen LogP) is 2.55. The van der Waals surface area contributed by atoms with E-state index in [0.717, 1.165) is 5.56 Å². The van der Waals surface area contributed by atoms with Crippen molar-refractivity contribution in [1.82, 2.24) is 0 Å². The van der Waals surface area contributed by atoms with Crippen LogP contribution in [0.3, 0.4) is 0 Å². The Hall–Kier alpha value is -0.820. The van der Waals surface area contributed by atoms with Gasteiger partial charge in [-0.3, -0.25) is 0 Å². The first kappa shape index (κ1) is 9.27. The highest BCUT2D eigenvalue weighted by molar-refractivity contribution is 5.21. The van der Waals surface area contributed by atoms with Gasteiger partial charge in [-0.05, 0) is 18.4 Å². The van der Waals surface area contributed by atoms with E-state index in [9.17, 15) is 5.11 Å². The maximum Gasteiger partial charge on any atom is 0.0891 e. The Morgan fingerprint density at radius 3 is 2.08 bits per heavy atom. The summed E-state index contributed by atoms with van der Waals surface area (Å²) in [5.41, 5.74) is 0.279. The van der Waals surface area contributed by atoms with Crippen LogP contribution in [-0.2, 0) is 5.60 Å². The fourth-order valence-electron chi connectivity index (χ4n) is 1.11. The van der Waals surface area contributed by atoms with Crippen molar-refractivity contribution in [2.75, 3.05) is 0 Å². The molecule has 0 aliphatic rings. The summed E-state index contributed by atoms with van der Waals surface area (Å²) in [4.78, 5) is 0. The van der Waals surface area contributed by atoms with Crippen molar-refractivity contribution in [3.8, 4) is 0 Å². The van der Waals surface area contributed by atoms with Crippen molar-refractivity contribution in [2.24, 2.45) is 5.92 Å². The van der Waals surface area contributed by atoms with E-state index in [1.807, 2.05) is 51.1 Å². The monoisotopic (exact) mass is 164 g/mol. The molecule has 66 valence electrons. The van der Waals surface area contributed by atoms with Crippen molar-refractivity contribution in [3.63, 3.8) is 0 Å². The topological polar surface area (TPSA) is 20.2 Å². The molecule has 0 spiro atoms. The van der Waals surface area contributed by atoms with Crippen LogP contribution < -0.4 is 0 Å². The average Bonchev–Trinajstić information content (AvgIpc) is 2.06. The molecule has 0 aliphatic heterocycles. The Labute approximate surface area is 74.1 Å². The van der Waals surface area contributed by atoms with Gasteiger partial charge in [-0.2, -0.15) is 0 Å². The summed E-state index contributed by atoms with van der Waals surface area (Å²) < 4.78 is 0. The number of rotatable bonds is 2. The average molecular weight is 164 g/mol. The van der Waals surface area contributed by atoms with Gasteiger partial charge in [0.15, 0.2) is 0 Å². The van der Waals surface area contributed by atoms with Gasteiger partial charge < -0.3 is 5.11 Å². The minimum atomic E-state index is -0.707. The second kappa shape index (κ2) is 3.28. The summed E-state index contributed by atoms with van der Waals surface area (Å²) in [6.45, 7) is 5.90. The van der Waals surface area contributed by atoms with Crippen LogP contribution in [-0.4, -0.2) is 5.11 Å². The second-order valence-corrected chi connectivity index (χ2v) is 3.67. The maximum atomic E-state index is 10.1. The van der Waals surface area contributed by atoms with E-state index < -0.39 is 5.60 Å². The molecule has 1 heteroatoms. The first-order valence-electron chi connectivity index (χ1n) is 4.33. The Morgan fingerprint density at radius 2 is 1.67 bits per heavy atom. The van der Waals surface area contributed by atoms with Crippen LogP contribution in [0.25, 0.3) is 0 Å². The zero-order valence-electron chi connectivity index (χ0n) is 7.91. The van der Waals surface area contributed by atoms with Crippen LogP contribution in [0.15, 0.2) is 30.3 Å². The van der Waals surface area contributed by atoms with Gasteiger partial charge in [-0.15, -0.1) is 0 Å². The lowest BCUT2D eigenvalue weighted by Gasteiger charge is -2.28. The SMILES string of the molecule is CC(C)C(C)(O)c1ccccc1. The Balaban J connectivity index is 2.98. The van der Waals surface area contributed by atoms with E-state index in [1.54, 1.807) is 0 Å². The summed E-state index contributed by atoms with van der Waals surface area (Å²) in [5, 5.41) is 10.1. The highest BCUT2D eigenvalue weighted by Crippen LogP contribution is 2.28. The molecule has 0 saturated heterocycles. The number of aliphatic hydroxyl groups is 1. The summed E-state index contributed by atoms with van der Waals surface area (Å²) in [6, 6.07) is 9.78. The van der Waals surface area contributed by atoms with Crippen LogP contribution in [0.4, 0.5) is 0 Å². The van der Waals surface area contributed by atoms with E-state index >= 15 is 0 Å². The largest absolute Gasteiger partial charge is 0.385 e. The van der Waals surface area contributed by atoms with Gasteiger partial charge in [0.05, 0.1) is 5.60 Å². The number of hydrogen-bond acceptors (Lipinski definition) is 1. The van der Waals surface area contributed by atoms with Crippen LogP contribution in [0.5, 0.6) is 0 Å². The molecular weight excluding hydrogens is 148 g/mol. The van der Waals surface area contributed by atoms with Gasteiger partial charge in [0.25, 0.3) is 0 Å². The molecule has 0 heterocycles. The summed E-state index contributed by atoms with van der Waals surface area (Å²) in [6.07, 6.45) is 0. The minimum absolute atomic E-state index is 0.236. The summed E-state index contributed by atoms with van der Waals surface area (Å²) in [7, 11) is 0. The molecule has 1 nitrogen and oxygen atoms in total. The molecule has 0 aliphatic carbocycles. The molecule has 0 bridgehead atoms. The first-order chi connectivity index (χ1) is 5.55. The van der Waals surface area contributed by atoms with Crippen molar-refractivity contribution in [1.29, 1.82) is 0 Å². The van der Waals surface area contributed by atoms with Crippen molar-refractivity contribution >= 4 is 0 Å². The molecule has 0 aromatic heterocycles. The zero-order chi connectivity index (χ0) is 9.19. The lowest BCUT2D eigenvalue weighted by molar-refractivity contribution is 0.00905. The Morgan fingerprint density at radius 1 is 1.17 bits per heavy atom. The standard InChI is InChI=1S/C11H16O/c1-9(2)11(3,12)10-7-5-4-6-8-10/h4-9,12H,1-3H3. The van der Waals surface area contributed by atoms with E-state index in [2.05, 4.69) is 0 Å². The lowest BCUT2D eigenvalue weighted by atomic mass is 9.85. The van der Waals surface area contributed by atoms with Crippen molar-refractivity contribution in [2.45, 2.75) is 26.4 Å². The van der Waals surface area contributed by atoms with Crippen molar-refractivity contribution in [3.05, 3.63) is 35.9 Å². The van der Waals surface area contributed by atoms with E-state index in [0.29, 0.717) is 0 Å². The fourth-order valence-corrected chi connectivity index (χ4v) is 1.11.